The Hall–Kier alpha value is -3.85. The third kappa shape index (κ3) is 3.22. The van der Waals surface area contributed by atoms with Gasteiger partial charge in [0.1, 0.15) is 5.82 Å². The Morgan fingerprint density at radius 2 is 1.71 bits per heavy atom. The van der Waals surface area contributed by atoms with E-state index in [1.165, 1.54) is 16.9 Å². The van der Waals surface area contributed by atoms with E-state index in [1.807, 2.05) is 18.2 Å². The molecular formula is C26H21FN4O3S. The Morgan fingerprint density at radius 1 is 0.971 bits per heavy atom. The first kappa shape index (κ1) is 21.7. The minimum Gasteiger partial charge on any atom is -0.293 e. The standard InChI is InChI=1S/C26H21FN4O3S/c1-30-23-15-29-22-8-3-16(17-11-19(27)14-28-13-17)12-21(22)24(23)31(25(30)32)20-6-4-18(5-7-20)26(9-10-26)35(2,33)34/h3-8,11-15H,9-10H2,1-2H3. The second kappa shape index (κ2) is 7.32. The van der Waals surface area contributed by atoms with Crippen molar-refractivity contribution >= 4 is 31.8 Å². The van der Waals surface area contributed by atoms with Crippen LogP contribution < -0.4 is 5.69 Å². The third-order valence-electron chi connectivity index (χ3n) is 6.99. The van der Waals surface area contributed by atoms with E-state index in [4.69, 9.17) is 0 Å². The molecule has 1 saturated carbocycles. The molecule has 0 amide bonds. The summed E-state index contributed by atoms with van der Waals surface area (Å²) in [5.74, 6) is -0.432. The Morgan fingerprint density at radius 3 is 2.37 bits per heavy atom. The fraction of sp³-hybridized carbons (Fsp3) is 0.192. The molecule has 9 heteroatoms. The van der Waals surface area contributed by atoms with Crippen molar-refractivity contribution in [2.24, 2.45) is 7.05 Å². The Balaban J connectivity index is 1.58. The normalized spacial score (nSPS) is 15.1. The largest absolute Gasteiger partial charge is 0.333 e. The quantitative estimate of drug-likeness (QED) is 0.380. The number of aryl methyl sites for hydroxylation is 1. The molecule has 0 bridgehead atoms. The minimum atomic E-state index is -3.24. The van der Waals surface area contributed by atoms with Crippen molar-refractivity contribution in [2.45, 2.75) is 17.6 Å². The summed E-state index contributed by atoms with van der Waals surface area (Å²) in [5, 5.41) is 0.737. The van der Waals surface area contributed by atoms with Crippen molar-refractivity contribution in [1.29, 1.82) is 0 Å². The predicted octanol–water partition coefficient (Wildman–Crippen LogP) is 4.11. The van der Waals surface area contributed by atoms with Gasteiger partial charge in [-0.25, -0.2) is 17.6 Å². The monoisotopic (exact) mass is 488 g/mol. The van der Waals surface area contributed by atoms with Gasteiger partial charge in [-0.3, -0.25) is 19.1 Å². The van der Waals surface area contributed by atoms with Crippen molar-refractivity contribution in [3.63, 3.8) is 0 Å². The average molecular weight is 489 g/mol. The van der Waals surface area contributed by atoms with Gasteiger partial charge >= 0.3 is 5.69 Å². The van der Waals surface area contributed by atoms with Crippen LogP contribution in [0.15, 0.2) is 71.9 Å². The molecule has 0 spiro atoms. The highest BCUT2D eigenvalue weighted by Gasteiger charge is 2.53. The zero-order valence-corrected chi connectivity index (χ0v) is 19.9. The van der Waals surface area contributed by atoms with Gasteiger partial charge in [-0.2, -0.15) is 0 Å². The van der Waals surface area contributed by atoms with Crippen LogP contribution >= 0.6 is 0 Å². The molecule has 2 aromatic carbocycles. The van der Waals surface area contributed by atoms with Gasteiger partial charge in [0.2, 0.25) is 0 Å². The molecule has 1 fully saturated rings. The molecule has 0 aliphatic heterocycles. The highest BCUT2D eigenvalue weighted by Crippen LogP contribution is 2.52. The molecule has 0 unspecified atom stereocenters. The van der Waals surface area contributed by atoms with E-state index in [2.05, 4.69) is 9.97 Å². The number of aromatic nitrogens is 4. The maximum absolute atomic E-state index is 13.8. The van der Waals surface area contributed by atoms with E-state index < -0.39 is 20.4 Å². The van der Waals surface area contributed by atoms with Crippen LogP contribution in [0, 0.1) is 5.82 Å². The first-order valence-corrected chi connectivity index (χ1v) is 13.0. The van der Waals surface area contributed by atoms with Crippen molar-refractivity contribution in [2.75, 3.05) is 6.26 Å². The van der Waals surface area contributed by atoms with E-state index in [-0.39, 0.29) is 5.69 Å². The number of fused-ring (bicyclic) bond motifs is 3. The molecule has 3 heterocycles. The smallest absolute Gasteiger partial charge is 0.293 e. The molecule has 1 aliphatic rings. The van der Waals surface area contributed by atoms with Gasteiger partial charge in [0, 0.05) is 30.4 Å². The van der Waals surface area contributed by atoms with Gasteiger partial charge in [0.25, 0.3) is 0 Å². The van der Waals surface area contributed by atoms with Gasteiger partial charge in [-0.15, -0.1) is 0 Å². The number of imidazole rings is 1. The number of hydrogen-bond donors (Lipinski definition) is 0. The Labute approximate surface area is 200 Å². The topological polar surface area (TPSA) is 86.9 Å². The lowest BCUT2D eigenvalue weighted by molar-refractivity contribution is 0.586. The zero-order chi connectivity index (χ0) is 24.5. The zero-order valence-electron chi connectivity index (χ0n) is 19.1. The molecule has 7 nitrogen and oxygen atoms in total. The number of halogens is 1. The number of sulfone groups is 1. The van der Waals surface area contributed by atoms with Crippen LogP contribution in [-0.2, 0) is 21.6 Å². The molecular weight excluding hydrogens is 467 g/mol. The van der Waals surface area contributed by atoms with Crippen LogP contribution in [0.4, 0.5) is 4.39 Å². The van der Waals surface area contributed by atoms with Crippen LogP contribution in [0.2, 0.25) is 0 Å². The van der Waals surface area contributed by atoms with Crippen LogP contribution in [0.25, 0.3) is 38.8 Å². The molecule has 6 rings (SSSR count). The number of rotatable bonds is 4. The molecule has 0 N–H and O–H groups in total. The lowest BCUT2D eigenvalue weighted by atomic mass is 10.0. The second-order valence-corrected chi connectivity index (χ2v) is 11.4. The first-order chi connectivity index (χ1) is 16.7. The number of hydrogen-bond acceptors (Lipinski definition) is 5. The SMILES string of the molecule is Cn1c(=O)n(-c2ccc(C3(S(C)(=O)=O)CC3)cc2)c2c3cc(-c4cncc(F)c4)ccc3ncc21. The summed E-state index contributed by atoms with van der Waals surface area (Å²) in [7, 11) is -1.55. The van der Waals surface area contributed by atoms with Crippen molar-refractivity contribution in [3.05, 3.63) is 89.0 Å². The highest BCUT2D eigenvalue weighted by atomic mass is 32.2. The van der Waals surface area contributed by atoms with Gasteiger partial charge < -0.3 is 0 Å². The summed E-state index contributed by atoms with van der Waals surface area (Å²) in [6.45, 7) is 0. The van der Waals surface area contributed by atoms with E-state index in [9.17, 15) is 17.6 Å². The summed E-state index contributed by atoms with van der Waals surface area (Å²) < 4.78 is 40.8. The molecule has 1 aliphatic carbocycles. The Bertz CT molecular complexity index is 1820. The number of benzene rings is 2. The molecule has 0 radical (unpaired) electrons. The molecule has 35 heavy (non-hydrogen) atoms. The minimum absolute atomic E-state index is 0.246. The number of pyridine rings is 2. The van der Waals surface area contributed by atoms with Gasteiger partial charge in [-0.1, -0.05) is 18.2 Å². The second-order valence-electron chi connectivity index (χ2n) is 9.11. The molecule has 3 aromatic heterocycles. The van der Waals surface area contributed by atoms with Crippen LogP contribution in [-0.4, -0.2) is 33.8 Å². The van der Waals surface area contributed by atoms with Crippen molar-refractivity contribution in [3.8, 4) is 16.8 Å². The summed E-state index contributed by atoms with van der Waals surface area (Å²) in [4.78, 5) is 21.8. The maximum atomic E-state index is 13.8. The Kier molecular flexibility index (Phi) is 4.53. The summed E-state index contributed by atoms with van der Waals surface area (Å²) in [5.41, 5.74) is 4.50. The highest BCUT2D eigenvalue weighted by molar-refractivity contribution is 7.92. The fourth-order valence-electron chi connectivity index (χ4n) is 4.89. The fourth-order valence-corrected chi connectivity index (χ4v) is 6.30. The maximum Gasteiger partial charge on any atom is 0.333 e. The molecule has 0 atom stereocenters. The van der Waals surface area contributed by atoms with E-state index in [0.29, 0.717) is 40.6 Å². The molecule has 0 saturated heterocycles. The van der Waals surface area contributed by atoms with Gasteiger partial charge in [0.05, 0.1) is 39.4 Å². The third-order valence-corrected chi connectivity index (χ3v) is 9.05. The van der Waals surface area contributed by atoms with Crippen molar-refractivity contribution in [1.82, 2.24) is 19.1 Å². The van der Waals surface area contributed by atoms with E-state index in [1.54, 1.807) is 48.3 Å². The molecule has 176 valence electrons. The molecule has 5 aromatic rings. The van der Waals surface area contributed by atoms with Gasteiger partial charge in [-0.05, 0) is 54.3 Å². The first-order valence-electron chi connectivity index (χ1n) is 11.1. The van der Waals surface area contributed by atoms with Crippen LogP contribution in [0.3, 0.4) is 0 Å². The number of nitrogens with zero attached hydrogens (tertiary/aromatic N) is 4. The van der Waals surface area contributed by atoms with Gasteiger partial charge in [0.15, 0.2) is 9.84 Å². The van der Waals surface area contributed by atoms with E-state index in [0.717, 1.165) is 22.7 Å². The average Bonchev–Trinajstić information content (AvgIpc) is 3.62. The summed E-state index contributed by atoms with van der Waals surface area (Å²) in [6, 6.07) is 14.1. The summed E-state index contributed by atoms with van der Waals surface area (Å²) >= 11 is 0. The van der Waals surface area contributed by atoms with Crippen LogP contribution in [0.5, 0.6) is 0 Å². The van der Waals surface area contributed by atoms with Crippen molar-refractivity contribution < 1.29 is 12.8 Å². The predicted molar refractivity (Wildman–Crippen MR) is 133 cm³/mol. The lowest BCUT2D eigenvalue weighted by Crippen LogP contribution is -2.21. The van der Waals surface area contributed by atoms with E-state index >= 15 is 0 Å². The summed E-state index contributed by atoms with van der Waals surface area (Å²) in [6.07, 6.45) is 6.88. The van der Waals surface area contributed by atoms with Crippen LogP contribution in [0.1, 0.15) is 18.4 Å². The lowest BCUT2D eigenvalue weighted by Gasteiger charge is -2.14.